The summed E-state index contributed by atoms with van der Waals surface area (Å²) in [6, 6.07) is 0. The van der Waals surface area contributed by atoms with Crippen LogP contribution < -0.4 is 0 Å². The average Bonchev–Trinajstić information content (AvgIpc) is 3.38. The van der Waals surface area contributed by atoms with Gasteiger partial charge in [-0.1, -0.05) is 19.4 Å². The van der Waals surface area contributed by atoms with E-state index in [9.17, 15) is 9.59 Å². The van der Waals surface area contributed by atoms with Gasteiger partial charge in [0, 0.05) is 18.3 Å². The smallest absolute Gasteiger partial charge is 0.305 e. The third-order valence-electron chi connectivity index (χ3n) is 8.98. The van der Waals surface area contributed by atoms with Gasteiger partial charge >= 0.3 is 5.97 Å². The predicted molar refractivity (Wildman–Crippen MR) is 99.2 cm³/mol. The Bertz CT molecular complexity index is 664. The third-order valence-corrected chi connectivity index (χ3v) is 8.98. The molecule has 8 unspecified atom stereocenters. The summed E-state index contributed by atoms with van der Waals surface area (Å²) < 4.78 is 5.98. The zero-order valence-corrected chi connectivity index (χ0v) is 16.2. The highest BCUT2D eigenvalue weighted by molar-refractivity contribution is 5.91. The van der Waals surface area contributed by atoms with Gasteiger partial charge in [0.25, 0.3) is 0 Å². The molecular weight excluding hydrogens is 324 g/mol. The standard InChI is InChI=1S/C23H32O3/c1-3-21(25)26-20-8-7-19-22-15(9-10-23(19,20)4-2)14-6-5-13(24)11-16(14)17-12-18(17)22/h11,14-15,17-20,22H,3-10,12H2,1-2H3. The van der Waals surface area contributed by atoms with Gasteiger partial charge in [-0.2, -0.15) is 0 Å². The maximum absolute atomic E-state index is 12.0. The van der Waals surface area contributed by atoms with Gasteiger partial charge in [-0.05, 0) is 86.5 Å². The predicted octanol–water partition coefficient (Wildman–Crippen LogP) is 4.70. The van der Waals surface area contributed by atoms with E-state index >= 15 is 0 Å². The number of rotatable bonds is 3. The van der Waals surface area contributed by atoms with Gasteiger partial charge in [-0.3, -0.25) is 9.59 Å². The summed E-state index contributed by atoms with van der Waals surface area (Å²) in [5, 5.41) is 0. The van der Waals surface area contributed by atoms with Gasteiger partial charge in [0.05, 0.1) is 0 Å². The molecule has 5 aliphatic carbocycles. The van der Waals surface area contributed by atoms with Gasteiger partial charge in [0.1, 0.15) is 6.10 Å². The van der Waals surface area contributed by atoms with Gasteiger partial charge in [0.15, 0.2) is 5.78 Å². The summed E-state index contributed by atoms with van der Waals surface area (Å²) in [5.41, 5.74) is 1.76. The first-order chi connectivity index (χ1) is 12.6. The molecule has 4 saturated carbocycles. The van der Waals surface area contributed by atoms with Crippen LogP contribution in [-0.2, 0) is 14.3 Å². The fourth-order valence-electron chi connectivity index (χ4n) is 7.86. The quantitative estimate of drug-likeness (QED) is 0.689. The fourth-order valence-corrected chi connectivity index (χ4v) is 7.86. The topological polar surface area (TPSA) is 43.4 Å². The number of ketones is 1. The van der Waals surface area contributed by atoms with Crippen LogP contribution in [-0.4, -0.2) is 17.9 Å². The molecule has 5 aliphatic rings. The van der Waals surface area contributed by atoms with Gasteiger partial charge in [-0.25, -0.2) is 0 Å². The molecule has 0 aromatic carbocycles. The fraction of sp³-hybridized carbons (Fsp3) is 0.826. The van der Waals surface area contributed by atoms with E-state index in [4.69, 9.17) is 4.74 Å². The molecule has 0 amide bonds. The zero-order chi connectivity index (χ0) is 18.1. The molecule has 0 heterocycles. The molecule has 0 aliphatic heterocycles. The Morgan fingerprint density at radius 2 is 2.00 bits per heavy atom. The largest absolute Gasteiger partial charge is 0.462 e. The van der Waals surface area contributed by atoms with Crippen molar-refractivity contribution < 1.29 is 14.3 Å². The van der Waals surface area contributed by atoms with Crippen molar-refractivity contribution in [3.8, 4) is 0 Å². The summed E-state index contributed by atoms with van der Waals surface area (Å²) >= 11 is 0. The number of ether oxygens (including phenoxy) is 1. The van der Waals surface area contributed by atoms with E-state index in [0.29, 0.717) is 24.0 Å². The highest BCUT2D eigenvalue weighted by Gasteiger charge is 2.65. The van der Waals surface area contributed by atoms with Crippen LogP contribution in [0.5, 0.6) is 0 Å². The molecule has 8 atom stereocenters. The lowest BCUT2D eigenvalue weighted by atomic mass is 9.51. The summed E-state index contributed by atoms with van der Waals surface area (Å²) in [4.78, 5) is 24.0. The van der Waals surface area contributed by atoms with Crippen molar-refractivity contribution in [3.63, 3.8) is 0 Å². The number of carbonyl (C=O) groups is 2. The molecule has 0 spiro atoms. The number of allylic oxidation sites excluding steroid dienone is 1. The monoisotopic (exact) mass is 356 g/mol. The SMILES string of the molecule is CCC(=O)OC1CCC2C3C(CCC12CC)C1CCC(=O)C=C1C1CC13. The Morgan fingerprint density at radius 1 is 1.15 bits per heavy atom. The second kappa shape index (κ2) is 5.94. The van der Waals surface area contributed by atoms with E-state index < -0.39 is 0 Å². The molecule has 0 N–H and O–H groups in total. The molecule has 4 fully saturated rings. The molecule has 0 aromatic rings. The number of carbonyl (C=O) groups excluding carboxylic acids is 2. The molecular formula is C23H32O3. The molecule has 0 aromatic heterocycles. The van der Waals surface area contributed by atoms with Crippen molar-refractivity contribution in [3.05, 3.63) is 11.6 Å². The van der Waals surface area contributed by atoms with E-state index in [2.05, 4.69) is 6.92 Å². The second-order valence-corrected chi connectivity index (χ2v) is 9.64. The summed E-state index contributed by atoms with van der Waals surface area (Å²) in [7, 11) is 0. The Hall–Kier alpha value is -1.12. The van der Waals surface area contributed by atoms with Crippen molar-refractivity contribution in [2.75, 3.05) is 0 Å². The maximum atomic E-state index is 12.0. The lowest BCUT2D eigenvalue weighted by Crippen LogP contribution is -2.50. The minimum Gasteiger partial charge on any atom is -0.462 e. The van der Waals surface area contributed by atoms with Crippen molar-refractivity contribution >= 4 is 11.8 Å². The molecule has 3 nitrogen and oxygen atoms in total. The zero-order valence-electron chi connectivity index (χ0n) is 16.2. The molecule has 0 saturated heterocycles. The van der Waals surface area contributed by atoms with E-state index in [1.807, 2.05) is 13.0 Å². The summed E-state index contributed by atoms with van der Waals surface area (Å²) in [5.74, 6) is 4.86. The van der Waals surface area contributed by atoms with E-state index in [0.717, 1.165) is 49.4 Å². The first kappa shape index (κ1) is 17.0. The normalized spacial score (nSPS) is 48.6. The van der Waals surface area contributed by atoms with Crippen LogP contribution in [0.3, 0.4) is 0 Å². The van der Waals surface area contributed by atoms with E-state index in [1.54, 1.807) is 0 Å². The summed E-state index contributed by atoms with van der Waals surface area (Å²) in [6.45, 7) is 4.22. The maximum Gasteiger partial charge on any atom is 0.305 e. The van der Waals surface area contributed by atoms with Crippen molar-refractivity contribution in [2.24, 2.45) is 40.9 Å². The molecule has 3 heteroatoms. The Labute approximate surface area is 156 Å². The lowest BCUT2D eigenvalue weighted by Gasteiger charge is -2.54. The van der Waals surface area contributed by atoms with Gasteiger partial charge in [-0.15, -0.1) is 0 Å². The van der Waals surface area contributed by atoms with Gasteiger partial charge in [0.2, 0.25) is 0 Å². The molecule has 0 radical (unpaired) electrons. The van der Waals surface area contributed by atoms with Crippen LogP contribution in [0.4, 0.5) is 0 Å². The number of esters is 1. The van der Waals surface area contributed by atoms with Crippen molar-refractivity contribution in [2.45, 2.75) is 77.7 Å². The second-order valence-electron chi connectivity index (χ2n) is 9.64. The molecule has 0 bridgehead atoms. The minimum absolute atomic E-state index is 0.0189. The first-order valence-corrected chi connectivity index (χ1v) is 11.0. The van der Waals surface area contributed by atoms with Crippen LogP contribution in [0.1, 0.15) is 71.6 Å². The minimum atomic E-state index is -0.0189. The van der Waals surface area contributed by atoms with Crippen LogP contribution >= 0.6 is 0 Å². The lowest BCUT2D eigenvalue weighted by molar-refractivity contribution is -0.160. The van der Waals surface area contributed by atoms with Crippen LogP contribution in [0.2, 0.25) is 0 Å². The van der Waals surface area contributed by atoms with E-state index in [1.165, 1.54) is 31.3 Å². The third kappa shape index (κ3) is 2.24. The Balaban J connectivity index is 1.45. The highest BCUT2D eigenvalue weighted by atomic mass is 16.5. The average molecular weight is 357 g/mol. The van der Waals surface area contributed by atoms with Crippen LogP contribution in [0.25, 0.3) is 0 Å². The van der Waals surface area contributed by atoms with E-state index in [-0.39, 0.29) is 17.5 Å². The van der Waals surface area contributed by atoms with Crippen molar-refractivity contribution in [1.29, 1.82) is 0 Å². The Kier molecular flexibility index (Phi) is 3.89. The molecule has 26 heavy (non-hydrogen) atoms. The number of hydrogen-bond donors (Lipinski definition) is 0. The number of hydrogen-bond acceptors (Lipinski definition) is 3. The van der Waals surface area contributed by atoms with Crippen LogP contribution in [0.15, 0.2) is 11.6 Å². The van der Waals surface area contributed by atoms with Gasteiger partial charge < -0.3 is 4.74 Å². The highest BCUT2D eigenvalue weighted by Crippen LogP contribution is 2.71. The summed E-state index contributed by atoms with van der Waals surface area (Å²) in [6.07, 6.45) is 11.8. The van der Waals surface area contributed by atoms with Crippen LogP contribution in [0, 0.1) is 40.9 Å². The van der Waals surface area contributed by atoms with Crippen molar-refractivity contribution in [1.82, 2.24) is 0 Å². The first-order valence-electron chi connectivity index (χ1n) is 11.0. The Morgan fingerprint density at radius 3 is 2.77 bits per heavy atom. The molecule has 5 rings (SSSR count). The number of fused-ring (bicyclic) bond motifs is 8. The molecule has 142 valence electrons.